The number of nitrogens with zero attached hydrogens (tertiary/aromatic N) is 3. The van der Waals surface area contributed by atoms with Crippen molar-refractivity contribution in [3.05, 3.63) is 179 Å². The summed E-state index contributed by atoms with van der Waals surface area (Å²) in [7, 11) is 3.78. The second kappa shape index (κ2) is 14.0. The van der Waals surface area contributed by atoms with Gasteiger partial charge in [0.15, 0.2) is 0 Å². The fourth-order valence-corrected chi connectivity index (χ4v) is 7.19. The first-order chi connectivity index (χ1) is 25.9. The van der Waals surface area contributed by atoms with E-state index in [-0.39, 0.29) is 5.91 Å². The predicted octanol–water partition coefficient (Wildman–Crippen LogP) is 9.37. The van der Waals surface area contributed by atoms with Gasteiger partial charge in [0.25, 0.3) is 5.91 Å². The molecule has 8 rings (SSSR count). The van der Waals surface area contributed by atoms with Crippen LogP contribution in [0.5, 0.6) is 0 Å². The molecule has 0 fully saturated rings. The van der Waals surface area contributed by atoms with Gasteiger partial charge in [-0.05, 0) is 113 Å². The summed E-state index contributed by atoms with van der Waals surface area (Å²) in [5, 5.41) is 15.9. The van der Waals surface area contributed by atoms with Crippen molar-refractivity contribution in [2.75, 3.05) is 40.7 Å². The van der Waals surface area contributed by atoms with Crippen LogP contribution < -0.4 is 26.6 Å². The van der Waals surface area contributed by atoms with Crippen molar-refractivity contribution in [2.24, 2.45) is 0 Å². The van der Waals surface area contributed by atoms with Crippen molar-refractivity contribution in [3.63, 3.8) is 0 Å². The highest BCUT2D eigenvalue weighted by Crippen LogP contribution is 2.56. The molecule has 1 aromatic heterocycles. The lowest BCUT2D eigenvalue weighted by Crippen LogP contribution is -2.28. The van der Waals surface area contributed by atoms with E-state index in [0.717, 1.165) is 28.3 Å². The van der Waals surface area contributed by atoms with E-state index in [1.807, 2.05) is 57.4 Å². The fourth-order valence-electron chi connectivity index (χ4n) is 7.19. The quantitative estimate of drug-likeness (QED) is 0.0962. The number of carbonyl (C=O) groups is 1. The molecule has 1 aliphatic carbocycles. The third-order valence-electron chi connectivity index (χ3n) is 9.71. The van der Waals surface area contributed by atoms with Crippen LogP contribution in [0.2, 0.25) is 0 Å². The molecular weight excluding hydrogens is 657 g/mol. The third-order valence-corrected chi connectivity index (χ3v) is 9.71. The van der Waals surface area contributed by atoms with Crippen LogP contribution in [0.3, 0.4) is 0 Å². The van der Waals surface area contributed by atoms with Crippen LogP contribution in [0.4, 0.5) is 40.3 Å². The van der Waals surface area contributed by atoms with Gasteiger partial charge in [0.2, 0.25) is 11.9 Å². The first kappa shape index (κ1) is 33.2. The monoisotopic (exact) mass is 694 g/mol. The van der Waals surface area contributed by atoms with Gasteiger partial charge in [-0.25, -0.2) is 0 Å². The van der Waals surface area contributed by atoms with Crippen molar-refractivity contribution in [3.8, 4) is 11.1 Å². The average molecular weight is 695 g/mol. The van der Waals surface area contributed by atoms with E-state index >= 15 is 0 Å². The molecule has 53 heavy (non-hydrogen) atoms. The van der Waals surface area contributed by atoms with E-state index < -0.39 is 5.41 Å². The highest BCUT2D eigenvalue weighted by molar-refractivity contribution is 6.04. The summed E-state index contributed by atoms with van der Waals surface area (Å²) >= 11 is 0. The molecular formula is C44H38N8O. The molecule has 9 nitrogen and oxygen atoms in total. The Kier molecular flexibility index (Phi) is 8.73. The first-order valence-corrected chi connectivity index (χ1v) is 17.5. The number of fused-ring (bicyclic) bond motifs is 3. The summed E-state index contributed by atoms with van der Waals surface area (Å²) in [6, 6.07) is 49.4. The topological polar surface area (TPSA) is 116 Å². The summed E-state index contributed by atoms with van der Waals surface area (Å²) < 4.78 is 0. The molecule has 0 atom stereocenters. The number of rotatable bonds is 10. The molecule has 0 aliphatic heterocycles. The lowest BCUT2D eigenvalue weighted by atomic mass is 9.67. The van der Waals surface area contributed by atoms with Gasteiger partial charge in [0.1, 0.15) is 5.82 Å². The fraction of sp³-hybridized carbons (Fsp3) is 0.0909. The Morgan fingerprint density at radius 1 is 0.491 bits per heavy atom. The van der Waals surface area contributed by atoms with Crippen molar-refractivity contribution in [1.82, 2.24) is 15.0 Å². The van der Waals surface area contributed by atoms with Crippen LogP contribution in [0.1, 0.15) is 38.4 Å². The lowest BCUT2D eigenvalue weighted by Gasteiger charge is -2.34. The second-order valence-corrected chi connectivity index (χ2v) is 12.9. The molecule has 0 unspecified atom stereocenters. The zero-order chi connectivity index (χ0) is 36.4. The van der Waals surface area contributed by atoms with E-state index in [9.17, 15) is 4.79 Å². The third kappa shape index (κ3) is 6.29. The van der Waals surface area contributed by atoms with Crippen LogP contribution in [0.15, 0.2) is 146 Å². The molecule has 0 saturated heterocycles. The summed E-state index contributed by atoms with van der Waals surface area (Å²) in [4.78, 5) is 26.4. The van der Waals surface area contributed by atoms with Crippen LogP contribution in [0, 0.1) is 6.92 Å². The second-order valence-electron chi connectivity index (χ2n) is 12.9. The van der Waals surface area contributed by atoms with Crippen LogP contribution in [-0.4, -0.2) is 35.0 Å². The molecule has 6 aromatic carbocycles. The standard InChI is InChI=1S/C44H38N8O/c1-28-47-42(52-43(48-28)51-36-26-24-34(25-27-36)49-41(53)29-12-18-32(45-2)19-13-29)50-35-22-16-31(17-23-35)44(30-14-20-33(46-3)21-15-30)39-10-6-4-8-37(39)38-9-5-7-11-40(38)44/h4-27,45-46H,1-3H3,(H,49,53)(H2,47,48,50,51,52). The van der Waals surface area contributed by atoms with Crippen molar-refractivity contribution >= 4 is 46.2 Å². The summed E-state index contributed by atoms with van der Waals surface area (Å²) in [5.74, 6) is 1.22. The summed E-state index contributed by atoms with van der Waals surface area (Å²) in [6.07, 6.45) is 0. The maximum absolute atomic E-state index is 12.7. The van der Waals surface area contributed by atoms with Gasteiger partial charge in [-0.3, -0.25) is 4.79 Å². The van der Waals surface area contributed by atoms with Crippen LogP contribution in [0.25, 0.3) is 11.1 Å². The van der Waals surface area contributed by atoms with Gasteiger partial charge in [-0.15, -0.1) is 0 Å². The number of benzene rings is 6. The van der Waals surface area contributed by atoms with E-state index in [1.54, 1.807) is 12.1 Å². The van der Waals surface area contributed by atoms with Gasteiger partial charge in [-0.1, -0.05) is 72.8 Å². The molecule has 0 radical (unpaired) electrons. The largest absolute Gasteiger partial charge is 0.388 e. The molecule has 1 heterocycles. The molecule has 5 N–H and O–H groups in total. The average Bonchev–Trinajstić information content (AvgIpc) is 3.50. The van der Waals surface area contributed by atoms with Crippen molar-refractivity contribution < 1.29 is 4.79 Å². The Hall–Kier alpha value is -7.00. The normalized spacial score (nSPS) is 12.3. The Labute approximate surface area is 308 Å². The summed E-state index contributed by atoms with van der Waals surface area (Å²) in [5.41, 5.74) is 11.8. The van der Waals surface area contributed by atoms with E-state index in [0.29, 0.717) is 29.0 Å². The molecule has 0 spiro atoms. The van der Waals surface area contributed by atoms with Crippen LogP contribution >= 0.6 is 0 Å². The maximum atomic E-state index is 12.7. The smallest absolute Gasteiger partial charge is 0.255 e. The number of hydrogen-bond donors (Lipinski definition) is 5. The van der Waals surface area contributed by atoms with Gasteiger partial charge in [0, 0.05) is 48.1 Å². The van der Waals surface area contributed by atoms with Crippen LogP contribution in [-0.2, 0) is 5.41 Å². The zero-order valence-electron chi connectivity index (χ0n) is 29.6. The highest BCUT2D eigenvalue weighted by atomic mass is 16.1. The molecule has 1 aliphatic rings. The first-order valence-electron chi connectivity index (χ1n) is 17.5. The molecule has 7 aromatic rings. The molecule has 0 bridgehead atoms. The number of hydrogen-bond acceptors (Lipinski definition) is 8. The number of aromatic nitrogens is 3. The molecule has 1 amide bonds. The lowest BCUT2D eigenvalue weighted by molar-refractivity contribution is 0.102. The Balaban J connectivity index is 1.03. The number of aryl methyl sites for hydroxylation is 1. The van der Waals surface area contributed by atoms with Gasteiger partial charge < -0.3 is 26.6 Å². The predicted molar refractivity (Wildman–Crippen MR) is 215 cm³/mol. The zero-order valence-corrected chi connectivity index (χ0v) is 29.6. The maximum Gasteiger partial charge on any atom is 0.255 e. The Morgan fingerprint density at radius 3 is 1.40 bits per heavy atom. The minimum absolute atomic E-state index is 0.179. The Morgan fingerprint density at radius 2 is 0.906 bits per heavy atom. The van der Waals surface area contributed by atoms with Gasteiger partial charge >= 0.3 is 0 Å². The molecule has 9 heteroatoms. The van der Waals surface area contributed by atoms with Gasteiger partial charge in [-0.2, -0.15) is 15.0 Å². The molecule has 260 valence electrons. The summed E-state index contributed by atoms with van der Waals surface area (Å²) in [6.45, 7) is 1.83. The number of carbonyl (C=O) groups excluding carboxylic acids is 1. The number of anilines is 7. The van der Waals surface area contributed by atoms with E-state index in [1.165, 1.54) is 27.8 Å². The molecule has 0 saturated carbocycles. The SMILES string of the molecule is CNc1ccc(C(=O)Nc2ccc(Nc3nc(C)nc(Nc4ccc(C5(c6ccc(NC)cc6)c6ccccc6-c6ccccc65)cc4)n3)cc2)cc1. The van der Waals surface area contributed by atoms with Crippen molar-refractivity contribution in [1.29, 1.82) is 0 Å². The Bertz CT molecular complexity index is 2360. The highest BCUT2D eigenvalue weighted by Gasteiger charge is 2.45. The van der Waals surface area contributed by atoms with Crippen molar-refractivity contribution in [2.45, 2.75) is 12.3 Å². The van der Waals surface area contributed by atoms with E-state index in [2.05, 4.69) is 139 Å². The number of nitrogens with one attached hydrogen (secondary N) is 5. The van der Waals surface area contributed by atoms with Gasteiger partial charge in [0.05, 0.1) is 5.41 Å². The minimum atomic E-state index is -0.491. The van der Waals surface area contributed by atoms with E-state index in [4.69, 9.17) is 0 Å². The number of amides is 1. The minimum Gasteiger partial charge on any atom is -0.388 e.